The fourth-order valence-corrected chi connectivity index (χ4v) is 3.26. The van der Waals surface area contributed by atoms with Crippen LogP contribution in [0.2, 0.25) is 0 Å². The number of oxazole rings is 1. The summed E-state index contributed by atoms with van der Waals surface area (Å²) in [6.45, 7) is 3.18. The molecule has 3 nitrogen and oxygen atoms in total. The topological polar surface area (TPSA) is 29.3 Å². The summed E-state index contributed by atoms with van der Waals surface area (Å²) in [5.74, 6) is 0. The Morgan fingerprint density at radius 2 is 1.90 bits per heavy atom. The van der Waals surface area contributed by atoms with E-state index in [1.54, 1.807) is 0 Å². The van der Waals surface area contributed by atoms with E-state index >= 15 is 0 Å². The molecule has 0 radical (unpaired) electrons. The van der Waals surface area contributed by atoms with Crippen LogP contribution in [0.15, 0.2) is 52.9 Å². The van der Waals surface area contributed by atoms with Gasteiger partial charge in [-0.25, -0.2) is 0 Å². The highest BCUT2D eigenvalue weighted by atomic mass is 16.4. The summed E-state index contributed by atoms with van der Waals surface area (Å²) in [4.78, 5) is 6.97. The van der Waals surface area contributed by atoms with E-state index in [0.29, 0.717) is 6.04 Å². The largest absolute Gasteiger partial charge is 0.423 e. The lowest BCUT2D eigenvalue weighted by Gasteiger charge is -2.24. The predicted octanol–water partition coefficient (Wildman–Crippen LogP) is 4.48. The predicted molar refractivity (Wildman–Crippen MR) is 84.5 cm³/mol. The molecule has 3 aromatic rings. The van der Waals surface area contributed by atoms with Gasteiger partial charge in [-0.2, -0.15) is 4.98 Å². The smallest absolute Gasteiger partial charge is 0.298 e. The van der Waals surface area contributed by atoms with Crippen LogP contribution in [-0.2, 0) is 0 Å². The van der Waals surface area contributed by atoms with Gasteiger partial charge in [0.25, 0.3) is 6.01 Å². The molecular formula is C18H18N2O. The molecule has 0 amide bonds. The van der Waals surface area contributed by atoms with Crippen LogP contribution in [0.5, 0.6) is 0 Å². The van der Waals surface area contributed by atoms with Crippen molar-refractivity contribution in [2.75, 3.05) is 11.4 Å². The van der Waals surface area contributed by atoms with E-state index in [1.807, 2.05) is 24.3 Å². The molecule has 0 bridgehead atoms. The normalized spacial score (nSPS) is 18.5. The monoisotopic (exact) mass is 278 g/mol. The average molecular weight is 278 g/mol. The lowest BCUT2D eigenvalue weighted by atomic mass is 10.00. The zero-order valence-corrected chi connectivity index (χ0v) is 12.1. The second kappa shape index (κ2) is 4.92. The minimum Gasteiger partial charge on any atom is -0.423 e. The average Bonchev–Trinajstić information content (AvgIpc) is 3.13. The van der Waals surface area contributed by atoms with E-state index in [-0.39, 0.29) is 0 Å². The van der Waals surface area contributed by atoms with Gasteiger partial charge >= 0.3 is 0 Å². The van der Waals surface area contributed by atoms with Crippen LogP contribution in [0.1, 0.15) is 30.0 Å². The highest BCUT2D eigenvalue weighted by Gasteiger charge is 2.30. The third-order valence-corrected chi connectivity index (χ3v) is 4.33. The van der Waals surface area contributed by atoms with Crippen molar-refractivity contribution in [3.05, 3.63) is 59.7 Å². The van der Waals surface area contributed by atoms with Crippen molar-refractivity contribution < 1.29 is 4.42 Å². The lowest BCUT2D eigenvalue weighted by molar-refractivity contribution is 0.556. The van der Waals surface area contributed by atoms with Gasteiger partial charge in [0.2, 0.25) is 0 Å². The molecule has 2 aromatic carbocycles. The summed E-state index contributed by atoms with van der Waals surface area (Å²) < 4.78 is 5.96. The molecule has 21 heavy (non-hydrogen) atoms. The quantitative estimate of drug-likeness (QED) is 0.692. The van der Waals surface area contributed by atoms with Crippen LogP contribution in [0.25, 0.3) is 11.1 Å². The number of aryl methyl sites for hydroxylation is 1. The summed E-state index contributed by atoms with van der Waals surface area (Å²) in [7, 11) is 0. The molecule has 4 rings (SSSR count). The number of benzene rings is 2. The van der Waals surface area contributed by atoms with Gasteiger partial charge in [0.15, 0.2) is 5.58 Å². The lowest BCUT2D eigenvalue weighted by Crippen LogP contribution is -2.23. The molecule has 0 N–H and O–H groups in total. The number of anilines is 1. The van der Waals surface area contributed by atoms with Crippen molar-refractivity contribution in [2.45, 2.75) is 25.8 Å². The summed E-state index contributed by atoms with van der Waals surface area (Å²) in [5.41, 5.74) is 4.52. The molecule has 0 saturated carbocycles. The van der Waals surface area contributed by atoms with E-state index in [2.05, 4.69) is 41.1 Å². The Kier molecular flexibility index (Phi) is 2.92. The summed E-state index contributed by atoms with van der Waals surface area (Å²) in [6.07, 6.45) is 2.33. The Hall–Kier alpha value is -2.29. The highest BCUT2D eigenvalue weighted by Crippen LogP contribution is 2.37. The molecule has 1 atom stereocenters. The molecule has 1 aliphatic rings. The zero-order chi connectivity index (χ0) is 14.2. The molecule has 1 aromatic heterocycles. The Labute approximate surface area is 124 Å². The third-order valence-electron chi connectivity index (χ3n) is 4.33. The molecule has 0 aliphatic carbocycles. The summed E-state index contributed by atoms with van der Waals surface area (Å²) in [6, 6.07) is 17.7. The number of rotatable bonds is 2. The number of hydrogen-bond donors (Lipinski definition) is 0. The van der Waals surface area contributed by atoms with Gasteiger partial charge in [0.1, 0.15) is 5.52 Å². The maximum Gasteiger partial charge on any atom is 0.298 e. The highest BCUT2D eigenvalue weighted by molar-refractivity contribution is 5.74. The number of hydrogen-bond acceptors (Lipinski definition) is 3. The molecule has 1 saturated heterocycles. The van der Waals surface area contributed by atoms with Gasteiger partial charge in [0, 0.05) is 6.54 Å². The molecule has 106 valence electrons. The third kappa shape index (κ3) is 2.09. The molecule has 1 aliphatic heterocycles. The minimum absolute atomic E-state index is 0.374. The molecule has 0 unspecified atom stereocenters. The fraction of sp³-hybridized carbons (Fsp3) is 0.278. The van der Waals surface area contributed by atoms with Crippen molar-refractivity contribution in [3.63, 3.8) is 0 Å². The summed E-state index contributed by atoms with van der Waals surface area (Å²) in [5, 5.41) is 0. The van der Waals surface area contributed by atoms with Crippen LogP contribution in [0.3, 0.4) is 0 Å². The zero-order valence-electron chi connectivity index (χ0n) is 12.1. The summed E-state index contributed by atoms with van der Waals surface area (Å²) >= 11 is 0. The number of nitrogens with zero attached hydrogens (tertiary/aromatic N) is 2. The van der Waals surface area contributed by atoms with Crippen LogP contribution >= 0.6 is 0 Å². The minimum atomic E-state index is 0.374. The second-order valence-corrected chi connectivity index (χ2v) is 5.67. The number of fused-ring (bicyclic) bond motifs is 1. The van der Waals surface area contributed by atoms with Crippen LogP contribution < -0.4 is 4.90 Å². The Balaban J connectivity index is 1.75. The molecular weight excluding hydrogens is 260 g/mol. The molecule has 3 heteroatoms. The first kappa shape index (κ1) is 12.5. The van der Waals surface area contributed by atoms with E-state index in [4.69, 9.17) is 4.42 Å². The standard InChI is InChI=1S/C18H18N2O/c1-13-7-2-3-8-14(13)16-10-6-12-20(16)18-19-15-9-4-5-11-17(15)21-18/h2-5,7-9,11,16H,6,10,12H2,1H3/t16-/m1/s1. The SMILES string of the molecule is Cc1ccccc1[C@H]1CCCN1c1nc2ccccc2o1. The molecule has 1 fully saturated rings. The van der Waals surface area contributed by atoms with Crippen molar-refractivity contribution >= 4 is 17.1 Å². The van der Waals surface area contributed by atoms with E-state index < -0.39 is 0 Å². The second-order valence-electron chi connectivity index (χ2n) is 5.67. The van der Waals surface area contributed by atoms with Crippen LogP contribution in [0, 0.1) is 6.92 Å². The van der Waals surface area contributed by atoms with Crippen LogP contribution in [0.4, 0.5) is 6.01 Å². The van der Waals surface area contributed by atoms with E-state index in [1.165, 1.54) is 17.5 Å². The Morgan fingerprint density at radius 3 is 2.76 bits per heavy atom. The van der Waals surface area contributed by atoms with Gasteiger partial charge in [-0.1, -0.05) is 36.4 Å². The van der Waals surface area contributed by atoms with Crippen molar-refractivity contribution in [1.29, 1.82) is 0 Å². The van der Waals surface area contributed by atoms with E-state index in [9.17, 15) is 0 Å². The molecule has 0 spiro atoms. The van der Waals surface area contributed by atoms with Crippen LogP contribution in [-0.4, -0.2) is 11.5 Å². The van der Waals surface area contributed by atoms with Gasteiger partial charge in [-0.3, -0.25) is 0 Å². The van der Waals surface area contributed by atoms with Gasteiger partial charge in [-0.15, -0.1) is 0 Å². The number of aromatic nitrogens is 1. The number of para-hydroxylation sites is 2. The molecule has 2 heterocycles. The first-order chi connectivity index (χ1) is 10.3. The van der Waals surface area contributed by atoms with Gasteiger partial charge in [-0.05, 0) is 43.0 Å². The fourth-order valence-electron chi connectivity index (χ4n) is 3.26. The Bertz CT molecular complexity index is 744. The van der Waals surface area contributed by atoms with Crippen molar-refractivity contribution in [2.24, 2.45) is 0 Å². The maximum atomic E-state index is 5.96. The maximum absolute atomic E-state index is 5.96. The van der Waals surface area contributed by atoms with Gasteiger partial charge < -0.3 is 9.32 Å². The van der Waals surface area contributed by atoms with Crippen molar-refractivity contribution in [1.82, 2.24) is 4.98 Å². The Morgan fingerprint density at radius 1 is 1.10 bits per heavy atom. The van der Waals surface area contributed by atoms with E-state index in [0.717, 1.165) is 30.1 Å². The van der Waals surface area contributed by atoms with Gasteiger partial charge in [0.05, 0.1) is 6.04 Å². The van der Waals surface area contributed by atoms with Crippen molar-refractivity contribution in [3.8, 4) is 0 Å². The first-order valence-electron chi connectivity index (χ1n) is 7.51. The first-order valence-corrected chi connectivity index (χ1v) is 7.51.